The van der Waals surface area contributed by atoms with Crippen molar-refractivity contribution in [1.29, 1.82) is 0 Å². The molecule has 0 aliphatic heterocycles. The van der Waals surface area contributed by atoms with Gasteiger partial charge >= 0.3 is 0 Å². The smallest absolute Gasteiger partial charge is 0.258 e. The van der Waals surface area contributed by atoms with Crippen LogP contribution < -0.4 is 0 Å². The van der Waals surface area contributed by atoms with E-state index in [0.717, 1.165) is 12.1 Å². The van der Waals surface area contributed by atoms with E-state index >= 15 is 0 Å². The first kappa shape index (κ1) is 12.1. The molecule has 0 bridgehead atoms. The monoisotopic (exact) mass is 250 g/mol. The summed E-state index contributed by atoms with van der Waals surface area (Å²) in [7, 11) is 0. The molecular formula is C12H8F2N2O2. The van der Waals surface area contributed by atoms with Crippen molar-refractivity contribution >= 4 is 5.69 Å². The Hall–Kier alpha value is -2.37. The molecule has 2 rings (SSSR count). The first-order valence-electron chi connectivity index (χ1n) is 5.06. The molecule has 0 radical (unpaired) electrons. The molecule has 0 aliphatic carbocycles. The summed E-state index contributed by atoms with van der Waals surface area (Å²) >= 11 is 0. The van der Waals surface area contributed by atoms with Crippen LogP contribution in [0.25, 0.3) is 11.1 Å². The average molecular weight is 250 g/mol. The molecule has 1 aromatic carbocycles. The van der Waals surface area contributed by atoms with E-state index in [1.807, 2.05) is 0 Å². The Kier molecular flexibility index (Phi) is 3.01. The van der Waals surface area contributed by atoms with E-state index in [4.69, 9.17) is 0 Å². The van der Waals surface area contributed by atoms with Crippen molar-refractivity contribution in [2.45, 2.75) is 6.92 Å². The SMILES string of the molecule is Cc1ccc([N+](=O)[O-])cc1-c1cc(F)nc(F)c1. The number of halogens is 2. The molecule has 92 valence electrons. The van der Waals surface area contributed by atoms with Gasteiger partial charge in [-0.2, -0.15) is 13.8 Å². The second kappa shape index (κ2) is 4.48. The number of aromatic nitrogens is 1. The number of nitro groups is 1. The molecule has 0 spiro atoms. The quantitative estimate of drug-likeness (QED) is 0.467. The van der Waals surface area contributed by atoms with Gasteiger partial charge in [-0.15, -0.1) is 0 Å². The van der Waals surface area contributed by atoms with E-state index in [2.05, 4.69) is 4.98 Å². The van der Waals surface area contributed by atoms with Crippen LogP contribution in [0.5, 0.6) is 0 Å². The van der Waals surface area contributed by atoms with Gasteiger partial charge in [0.1, 0.15) is 0 Å². The molecule has 18 heavy (non-hydrogen) atoms. The zero-order valence-electron chi connectivity index (χ0n) is 9.35. The zero-order valence-corrected chi connectivity index (χ0v) is 9.35. The number of nitro benzene ring substituents is 1. The molecule has 4 nitrogen and oxygen atoms in total. The lowest BCUT2D eigenvalue weighted by atomic mass is 10.0. The number of pyridine rings is 1. The van der Waals surface area contributed by atoms with Gasteiger partial charge in [-0.1, -0.05) is 6.07 Å². The maximum atomic E-state index is 13.0. The second-order valence-corrected chi connectivity index (χ2v) is 3.76. The highest BCUT2D eigenvalue weighted by atomic mass is 19.1. The van der Waals surface area contributed by atoms with Gasteiger partial charge in [0.05, 0.1) is 4.92 Å². The molecule has 0 saturated carbocycles. The van der Waals surface area contributed by atoms with Gasteiger partial charge in [-0.3, -0.25) is 10.1 Å². The highest BCUT2D eigenvalue weighted by Crippen LogP contribution is 2.28. The van der Waals surface area contributed by atoms with E-state index < -0.39 is 16.8 Å². The Morgan fingerprint density at radius 1 is 1.17 bits per heavy atom. The predicted octanol–water partition coefficient (Wildman–Crippen LogP) is 3.24. The summed E-state index contributed by atoms with van der Waals surface area (Å²) in [5.74, 6) is -1.92. The third kappa shape index (κ3) is 2.32. The van der Waals surface area contributed by atoms with Crippen LogP contribution in [-0.4, -0.2) is 9.91 Å². The standard InChI is InChI=1S/C12H8F2N2O2/c1-7-2-3-9(16(17)18)6-10(7)8-4-11(13)15-12(14)5-8/h2-6H,1H3. The number of hydrogen-bond acceptors (Lipinski definition) is 3. The first-order chi connectivity index (χ1) is 8.47. The fourth-order valence-electron chi connectivity index (χ4n) is 1.65. The van der Waals surface area contributed by atoms with E-state index in [0.29, 0.717) is 11.1 Å². The van der Waals surface area contributed by atoms with Gasteiger partial charge in [0.15, 0.2) is 0 Å². The number of benzene rings is 1. The Bertz CT molecular complexity index is 609. The molecule has 1 heterocycles. The lowest BCUT2D eigenvalue weighted by Gasteiger charge is -2.06. The summed E-state index contributed by atoms with van der Waals surface area (Å²) < 4.78 is 26.0. The maximum Gasteiger partial charge on any atom is 0.270 e. The van der Waals surface area contributed by atoms with Crippen molar-refractivity contribution in [2.75, 3.05) is 0 Å². The van der Waals surface area contributed by atoms with Crippen molar-refractivity contribution in [3.63, 3.8) is 0 Å². The Labute approximate surface area is 101 Å². The van der Waals surface area contributed by atoms with Crippen molar-refractivity contribution in [2.24, 2.45) is 0 Å². The molecule has 6 heteroatoms. The molecule has 0 N–H and O–H groups in total. The normalized spacial score (nSPS) is 10.4. The van der Waals surface area contributed by atoms with Gasteiger partial charge in [0.2, 0.25) is 11.9 Å². The topological polar surface area (TPSA) is 56.0 Å². The van der Waals surface area contributed by atoms with Crippen LogP contribution in [0.1, 0.15) is 5.56 Å². The van der Waals surface area contributed by atoms with Gasteiger partial charge in [0.25, 0.3) is 5.69 Å². The molecular weight excluding hydrogens is 242 g/mol. The van der Waals surface area contributed by atoms with Gasteiger partial charge in [-0.05, 0) is 23.6 Å². The molecule has 0 saturated heterocycles. The summed E-state index contributed by atoms with van der Waals surface area (Å²) in [6, 6.07) is 6.23. The molecule has 0 aliphatic rings. The van der Waals surface area contributed by atoms with E-state index in [1.54, 1.807) is 6.92 Å². The highest BCUT2D eigenvalue weighted by Gasteiger charge is 2.12. The third-order valence-electron chi connectivity index (χ3n) is 2.51. The van der Waals surface area contributed by atoms with Crippen LogP contribution in [0.4, 0.5) is 14.5 Å². The lowest BCUT2D eigenvalue weighted by molar-refractivity contribution is -0.384. The van der Waals surface area contributed by atoms with E-state index in [1.165, 1.54) is 18.2 Å². The second-order valence-electron chi connectivity index (χ2n) is 3.76. The van der Waals surface area contributed by atoms with Crippen LogP contribution in [0.15, 0.2) is 30.3 Å². The van der Waals surface area contributed by atoms with Crippen molar-refractivity contribution in [3.8, 4) is 11.1 Å². The van der Waals surface area contributed by atoms with Crippen LogP contribution in [0.3, 0.4) is 0 Å². The minimum absolute atomic E-state index is 0.131. The summed E-state index contributed by atoms with van der Waals surface area (Å²) in [6.07, 6.45) is 0. The van der Waals surface area contributed by atoms with Crippen LogP contribution in [0, 0.1) is 28.9 Å². The number of hydrogen-bond donors (Lipinski definition) is 0. The highest BCUT2D eigenvalue weighted by molar-refractivity contribution is 5.69. The Balaban J connectivity index is 2.62. The van der Waals surface area contributed by atoms with Crippen LogP contribution in [-0.2, 0) is 0 Å². The van der Waals surface area contributed by atoms with Crippen molar-refractivity contribution in [3.05, 3.63) is 57.9 Å². The summed E-state index contributed by atoms with van der Waals surface area (Å²) in [4.78, 5) is 13.1. The molecule has 0 amide bonds. The van der Waals surface area contributed by atoms with Gasteiger partial charge < -0.3 is 0 Å². The zero-order chi connectivity index (χ0) is 13.3. The minimum atomic E-state index is -0.962. The maximum absolute atomic E-state index is 13.0. The number of aryl methyl sites for hydroxylation is 1. The van der Waals surface area contributed by atoms with E-state index in [-0.39, 0.29) is 11.3 Å². The molecule has 0 fully saturated rings. The fraction of sp³-hybridized carbons (Fsp3) is 0.0833. The molecule has 1 aromatic heterocycles. The Morgan fingerprint density at radius 3 is 2.33 bits per heavy atom. The molecule has 0 atom stereocenters. The predicted molar refractivity (Wildman–Crippen MR) is 61.0 cm³/mol. The summed E-state index contributed by atoms with van der Waals surface area (Å²) in [5.41, 5.74) is 1.18. The molecule has 0 unspecified atom stereocenters. The Morgan fingerprint density at radius 2 is 1.78 bits per heavy atom. The number of rotatable bonds is 2. The minimum Gasteiger partial charge on any atom is -0.258 e. The average Bonchev–Trinajstić information content (AvgIpc) is 2.27. The third-order valence-corrected chi connectivity index (χ3v) is 2.51. The number of non-ortho nitro benzene ring substituents is 1. The van der Waals surface area contributed by atoms with Gasteiger partial charge in [-0.25, -0.2) is 0 Å². The lowest BCUT2D eigenvalue weighted by Crippen LogP contribution is -1.94. The van der Waals surface area contributed by atoms with Crippen LogP contribution in [0.2, 0.25) is 0 Å². The van der Waals surface area contributed by atoms with Crippen molar-refractivity contribution in [1.82, 2.24) is 4.98 Å². The largest absolute Gasteiger partial charge is 0.270 e. The summed E-state index contributed by atoms with van der Waals surface area (Å²) in [5, 5.41) is 10.7. The molecule has 2 aromatic rings. The van der Waals surface area contributed by atoms with Crippen molar-refractivity contribution < 1.29 is 13.7 Å². The van der Waals surface area contributed by atoms with Gasteiger partial charge in [0, 0.05) is 24.3 Å². The number of nitrogens with zero attached hydrogens (tertiary/aromatic N) is 2. The first-order valence-corrected chi connectivity index (χ1v) is 5.06. The van der Waals surface area contributed by atoms with E-state index in [9.17, 15) is 18.9 Å². The summed E-state index contributed by atoms with van der Waals surface area (Å²) in [6.45, 7) is 1.70. The van der Waals surface area contributed by atoms with Crippen LogP contribution >= 0.6 is 0 Å². The fourth-order valence-corrected chi connectivity index (χ4v) is 1.65.